The zero-order valence-electron chi connectivity index (χ0n) is 16.4. The van der Waals surface area contributed by atoms with Gasteiger partial charge in [0.2, 0.25) is 0 Å². The second-order valence-electron chi connectivity index (χ2n) is 8.68. The van der Waals surface area contributed by atoms with Crippen LogP contribution in [0.3, 0.4) is 0 Å². The molecule has 1 aromatic rings. The van der Waals surface area contributed by atoms with E-state index in [-0.39, 0.29) is 36.1 Å². The number of nitrogens with one attached hydrogen (secondary N) is 1. The standard InChI is InChI=1S/C18H25ClN4O6/c1-18(2,3)14-9(6-22(14)17(28)29)20-16(27)13-15(19)21-12(7-24)23(13)8-4-10(25)11(26)5-8/h7-11,14,25-26H,4-6H2,1-3H3,(H,20,27)(H,28,29). The van der Waals surface area contributed by atoms with Crippen molar-refractivity contribution in [3.05, 3.63) is 16.7 Å². The van der Waals surface area contributed by atoms with Gasteiger partial charge in [-0.3, -0.25) is 9.59 Å². The Morgan fingerprint density at radius 3 is 2.31 bits per heavy atom. The Morgan fingerprint density at radius 1 is 1.24 bits per heavy atom. The first-order valence-electron chi connectivity index (χ1n) is 9.35. The topological polar surface area (TPSA) is 145 Å². The third kappa shape index (κ3) is 3.84. The number of carboxylic acid groups (broad SMARTS) is 1. The number of imidazole rings is 1. The van der Waals surface area contributed by atoms with E-state index in [2.05, 4.69) is 10.3 Å². The Bertz CT molecular complexity index is 825. The van der Waals surface area contributed by atoms with Gasteiger partial charge in [0.15, 0.2) is 17.3 Å². The molecule has 2 aliphatic rings. The fourth-order valence-electron chi connectivity index (χ4n) is 4.39. The molecule has 1 saturated heterocycles. The summed E-state index contributed by atoms with van der Waals surface area (Å²) in [5.41, 5.74) is -0.451. The number of aldehydes is 1. The highest BCUT2D eigenvalue weighted by atomic mass is 35.5. The first-order valence-corrected chi connectivity index (χ1v) is 9.73. The number of halogens is 1. The van der Waals surface area contributed by atoms with Gasteiger partial charge in [0.05, 0.1) is 24.3 Å². The summed E-state index contributed by atoms with van der Waals surface area (Å²) in [5, 5.41) is 31.7. The van der Waals surface area contributed by atoms with Gasteiger partial charge in [-0.1, -0.05) is 32.4 Å². The zero-order valence-corrected chi connectivity index (χ0v) is 17.1. The summed E-state index contributed by atoms with van der Waals surface area (Å²) in [6.07, 6.45) is -2.25. The highest BCUT2D eigenvalue weighted by molar-refractivity contribution is 6.32. The molecule has 0 bridgehead atoms. The third-order valence-electron chi connectivity index (χ3n) is 5.61. The van der Waals surface area contributed by atoms with Gasteiger partial charge in [0.1, 0.15) is 5.69 Å². The molecule has 2 amide bonds. The summed E-state index contributed by atoms with van der Waals surface area (Å²) in [6, 6.07) is -1.38. The number of rotatable bonds is 4. The lowest BCUT2D eigenvalue weighted by Crippen LogP contribution is -2.71. The van der Waals surface area contributed by atoms with Gasteiger partial charge in [-0.15, -0.1) is 0 Å². The van der Waals surface area contributed by atoms with Crippen LogP contribution in [0, 0.1) is 5.41 Å². The van der Waals surface area contributed by atoms with Crippen molar-refractivity contribution in [2.75, 3.05) is 6.54 Å². The van der Waals surface area contributed by atoms with Crippen LogP contribution >= 0.6 is 11.6 Å². The first kappa shape index (κ1) is 21.5. The molecule has 2 heterocycles. The molecule has 29 heavy (non-hydrogen) atoms. The van der Waals surface area contributed by atoms with Crippen molar-refractivity contribution in [3.8, 4) is 0 Å². The minimum absolute atomic E-state index is 0.0403. The second kappa shape index (κ2) is 7.58. The van der Waals surface area contributed by atoms with Gasteiger partial charge < -0.3 is 30.1 Å². The molecule has 2 fully saturated rings. The van der Waals surface area contributed by atoms with Crippen molar-refractivity contribution in [2.45, 2.75) is 63.9 Å². The highest BCUT2D eigenvalue weighted by Crippen LogP contribution is 2.36. The number of aliphatic hydroxyl groups excluding tert-OH is 2. The fraction of sp³-hybridized carbons (Fsp3) is 0.667. The second-order valence-corrected chi connectivity index (χ2v) is 9.04. The lowest BCUT2D eigenvalue weighted by molar-refractivity contribution is -0.0108. The van der Waals surface area contributed by atoms with E-state index >= 15 is 0 Å². The molecule has 0 spiro atoms. The predicted octanol–water partition coefficient (Wildman–Crippen LogP) is 0.912. The van der Waals surface area contributed by atoms with E-state index in [1.54, 1.807) is 0 Å². The molecule has 4 atom stereocenters. The molecule has 1 aliphatic carbocycles. The number of aliphatic hydroxyl groups is 2. The number of carbonyl (C=O) groups is 3. The first-order chi connectivity index (χ1) is 13.5. The van der Waals surface area contributed by atoms with E-state index in [0.717, 1.165) is 0 Å². The lowest BCUT2D eigenvalue weighted by atomic mass is 9.76. The molecule has 1 aromatic heterocycles. The van der Waals surface area contributed by atoms with E-state index in [1.165, 1.54) is 9.47 Å². The van der Waals surface area contributed by atoms with Crippen LogP contribution in [0.5, 0.6) is 0 Å². The average Bonchev–Trinajstić information content (AvgIpc) is 3.07. The minimum Gasteiger partial charge on any atom is -0.465 e. The van der Waals surface area contributed by atoms with E-state index < -0.39 is 47.7 Å². The summed E-state index contributed by atoms with van der Waals surface area (Å²) in [6.45, 7) is 5.79. The van der Waals surface area contributed by atoms with Crippen LogP contribution < -0.4 is 5.32 Å². The highest BCUT2D eigenvalue weighted by Gasteiger charge is 2.49. The van der Waals surface area contributed by atoms with Crippen LogP contribution in [0.15, 0.2) is 0 Å². The van der Waals surface area contributed by atoms with Gasteiger partial charge >= 0.3 is 6.09 Å². The molecule has 160 valence electrons. The Balaban J connectivity index is 1.87. The Hall–Kier alpha value is -2.17. The summed E-state index contributed by atoms with van der Waals surface area (Å²) in [4.78, 5) is 41.1. The Labute approximate surface area is 172 Å². The molecule has 4 unspecified atom stereocenters. The average molecular weight is 429 g/mol. The molecule has 0 radical (unpaired) electrons. The molecule has 4 N–H and O–H groups in total. The van der Waals surface area contributed by atoms with Crippen molar-refractivity contribution >= 4 is 29.9 Å². The quantitative estimate of drug-likeness (QED) is 0.521. The maximum absolute atomic E-state index is 13.0. The predicted molar refractivity (Wildman–Crippen MR) is 102 cm³/mol. The number of aromatic nitrogens is 2. The Morgan fingerprint density at radius 2 is 1.83 bits per heavy atom. The van der Waals surface area contributed by atoms with Gasteiger partial charge in [-0.2, -0.15) is 0 Å². The van der Waals surface area contributed by atoms with E-state index in [4.69, 9.17) is 11.6 Å². The number of hydrogen-bond acceptors (Lipinski definition) is 6. The van der Waals surface area contributed by atoms with Crippen molar-refractivity contribution in [3.63, 3.8) is 0 Å². The molecule has 11 heteroatoms. The smallest absolute Gasteiger partial charge is 0.407 e. The van der Waals surface area contributed by atoms with Crippen LogP contribution in [-0.4, -0.2) is 78.9 Å². The fourth-order valence-corrected chi connectivity index (χ4v) is 4.65. The maximum atomic E-state index is 13.0. The Kier molecular flexibility index (Phi) is 5.63. The summed E-state index contributed by atoms with van der Waals surface area (Å²) < 4.78 is 1.35. The van der Waals surface area contributed by atoms with Crippen LogP contribution in [0.25, 0.3) is 0 Å². The molecular weight excluding hydrogens is 404 g/mol. The van der Waals surface area contributed by atoms with Crippen LogP contribution in [0.1, 0.15) is 60.8 Å². The summed E-state index contributed by atoms with van der Waals surface area (Å²) in [7, 11) is 0. The number of nitrogens with zero attached hydrogens (tertiary/aromatic N) is 3. The van der Waals surface area contributed by atoms with Crippen molar-refractivity contribution in [1.29, 1.82) is 0 Å². The number of likely N-dealkylation sites (tertiary alicyclic amines) is 1. The number of hydrogen-bond donors (Lipinski definition) is 4. The number of amides is 2. The molecule has 10 nitrogen and oxygen atoms in total. The van der Waals surface area contributed by atoms with Gasteiger partial charge in [0.25, 0.3) is 5.91 Å². The molecule has 3 rings (SSSR count). The molecule has 0 aromatic carbocycles. The van der Waals surface area contributed by atoms with Crippen molar-refractivity contribution < 1.29 is 29.7 Å². The maximum Gasteiger partial charge on any atom is 0.407 e. The summed E-state index contributed by atoms with van der Waals surface area (Å²) in [5.74, 6) is -0.657. The van der Waals surface area contributed by atoms with Crippen LogP contribution in [-0.2, 0) is 0 Å². The van der Waals surface area contributed by atoms with E-state index in [1.807, 2.05) is 20.8 Å². The minimum atomic E-state index is -1.06. The van der Waals surface area contributed by atoms with E-state index in [0.29, 0.717) is 6.29 Å². The van der Waals surface area contributed by atoms with Gasteiger partial charge in [-0.05, 0) is 18.3 Å². The molecule has 1 aliphatic heterocycles. The van der Waals surface area contributed by atoms with Gasteiger partial charge in [-0.25, -0.2) is 9.78 Å². The molecule has 1 saturated carbocycles. The largest absolute Gasteiger partial charge is 0.465 e. The molecular formula is C18H25ClN4O6. The van der Waals surface area contributed by atoms with Crippen LogP contribution in [0.2, 0.25) is 5.15 Å². The third-order valence-corrected chi connectivity index (χ3v) is 5.88. The lowest BCUT2D eigenvalue weighted by Gasteiger charge is -2.52. The number of carbonyl (C=O) groups excluding carboxylic acids is 2. The zero-order chi connectivity index (χ0) is 21.7. The van der Waals surface area contributed by atoms with Crippen LogP contribution in [0.4, 0.5) is 4.79 Å². The van der Waals surface area contributed by atoms with E-state index in [9.17, 15) is 29.7 Å². The summed E-state index contributed by atoms with van der Waals surface area (Å²) >= 11 is 6.14. The van der Waals surface area contributed by atoms with Gasteiger partial charge in [0, 0.05) is 12.6 Å². The monoisotopic (exact) mass is 428 g/mol. The van der Waals surface area contributed by atoms with Crippen molar-refractivity contribution in [1.82, 2.24) is 19.8 Å². The normalized spacial score (nSPS) is 29.4. The van der Waals surface area contributed by atoms with Crippen molar-refractivity contribution in [2.24, 2.45) is 5.41 Å². The SMILES string of the molecule is CC(C)(C)C1C(NC(=O)c2c(Cl)nc(C=O)n2C2CC(O)C(O)C2)CN1C(=O)O.